The van der Waals surface area contributed by atoms with Gasteiger partial charge in [0.15, 0.2) is 0 Å². The number of fused-ring (bicyclic) bond motifs is 1. The second kappa shape index (κ2) is 7.37. The highest BCUT2D eigenvalue weighted by atomic mass is 79.9. The van der Waals surface area contributed by atoms with Gasteiger partial charge in [0.2, 0.25) is 0 Å². The molecule has 18 heavy (non-hydrogen) atoms. The standard InChI is InChI=1S/C14H19BrClNO/c15-13-8-11-4-7-18-14(11)12(9-13)10-17-6-3-1-2-5-16/h8-9,17H,1-7,10H2. The van der Waals surface area contributed by atoms with Crippen LogP contribution in [0.15, 0.2) is 16.6 Å². The Labute approximate surface area is 122 Å². The van der Waals surface area contributed by atoms with E-state index in [1.165, 1.54) is 24.0 Å². The monoisotopic (exact) mass is 331 g/mol. The van der Waals surface area contributed by atoms with E-state index in [0.29, 0.717) is 0 Å². The lowest BCUT2D eigenvalue weighted by atomic mass is 10.1. The van der Waals surface area contributed by atoms with E-state index in [1.54, 1.807) is 0 Å². The van der Waals surface area contributed by atoms with Crippen molar-refractivity contribution in [1.29, 1.82) is 0 Å². The zero-order chi connectivity index (χ0) is 12.8. The Kier molecular flexibility index (Phi) is 5.80. The van der Waals surface area contributed by atoms with Crippen LogP contribution < -0.4 is 10.1 Å². The second-order valence-corrected chi connectivity index (χ2v) is 5.87. The maximum Gasteiger partial charge on any atom is 0.127 e. The Hall–Kier alpha value is -0.250. The van der Waals surface area contributed by atoms with Gasteiger partial charge in [0.05, 0.1) is 6.61 Å². The first kappa shape index (κ1) is 14.2. The summed E-state index contributed by atoms with van der Waals surface area (Å²) in [6, 6.07) is 4.31. The van der Waals surface area contributed by atoms with Crippen LogP contribution >= 0.6 is 27.5 Å². The number of alkyl halides is 1. The van der Waals surface area contributed by atoms with E-state index in [2.05, 4.69) is 33.4 Å². The van der Waals surface area contributed by atoms with Gasteiger partial charge in [-0.2, -0.15) is 0 Å². The quantitative estimate of drug-likeness (QED) is 0.604. The highest BCUT2D eigenvalue weighted by Gasteiger charge is 2.16. The van der Waals surface area contributed by atoms with E-state index in [-0.39, 0.29) is 0 Å². The molecule has 0 aromatic heterocycles. The molecule has 0 unspecified atom stereocenters. The van der Waals surface area contributed by atoms with Crippen LogP contribution in [0.5, 0.6) is 5.75 Å². The molecule has 0 fully saturated rings. The molecule has 1 aliphatic heterocycles. The number of ether oxygens (including phenoxy) is 1. The molecule has 0 radical (unpaired) electrons. The molecule has 2 rings (SSSR count). The number of rotatable bonds is 7. The Morgan fingerprint density at radius 2 is 2.17 bits per heavy atom. The first-order valence-corrected chi connectivity index (χ1v) is 7.85. The van der Waals surface area contributed by atoms with E-state index < -0.39 is 0 Å². The third-order valence-corrected chi connectivity index (χ3v) is 3.85. The second-order valence-electron chi connectivity index (χ2n) is 4.58. The van der Waals surface area contributed by atoms with Crippen molar-refractivity contribution in [3.8, 4) is 5.75 Å². The van der Waals surface area contributed by atoms with Crippen LogP contribution in [-0.4, -0.2) is 19.0 Å². The predicted octanol–water partition coefficient (Wildman–Crippen LogP) is 3.88. The summed E-state index contributed by atoms with van der Waals surface area (Å²) < 4.78 is 6.85. The van der Waals surface area contributed by atoms with Crippen LogP contribution in [0.25, 0.3) is 0 Å². The Bertz CT molecular complexity index is 398. The Morgan fingerprint density at radius 1 is 1.28 bits per heavy atom. The third kappa shape index (κ3) is 3.87. The van der Waals surface area contributed by atoms with Crippen molar-refractivity contribution >= 4 is 27.5 Å². The van der Waals surface area contributed by atoms with Crippen LogP contribution in [0.1, 0.15) is 30.4 Å². The van der Waals surface area contributed by atoms with Crippen molar-refractivity contribution in [2.75, 3.05) is 19.0 Å². The van der Waals surface area contributed by atoms with E-state index in [1.807, 2.05) is 0 Å². The zero-order valence-electron chi connectivity index (χ0n) is 10.5. The summed E-state index contributed by atoms with van der Waals surface area (Å²) in [5.41, 5.74) is 2.58. The normalized spacial score (nSPS) is 13.4. The molecule has 0 aliphatic carbocycles. The fraction of sp³-hybridized carbons (Fsp3) is 0.571. The van der Waals surface area contributed by atoms with Crippen molar-refractivity contribution in [3.05, 3.63) is 27.7 Å². The average molecular weight is 333 g/mol. The molecule has 4 heteroatoms. The fourth-order valence-corrected chi connectivity index (χ4v) is 2.96. The van der Waals surface area contributed by atoms with Crippen LogP contribution in [-0.2, 0) is 13.0 Å². The van der Waals surface area contributed by atoms with E-state index in [4.69, 9.17) is 16.3 Å². The molecule has 0 atom stereocenters. The number of nitrogens with one attached hydrogen (secondary N) is 1. The lowest BCUT2D eigenvalue weighted by Crippen LogP contribution is -2.15. The molecule has 0 saturated heterocycles. The van der Waals surface area contributed by atoms with Gasteiger partial charge in [0.1, 0.15) is 5.75 Å². The van der Waals surface area contributed by atoms with Crippen LogP contribution in [0.4, 0.5) is 0 Å². The number of unbranched alkanes of at least 4 members (excludes halogenated alkanes) is 2. The van der Waals surface area contributed by atoms with E-state index in [0.717, 1.165) is 48.6 Å². The van der Waals surface area contributed by atoms with Gasteiger partial charge < -0.3 is 10.1 Å². The van der Waals surface area contributed by atoms with Gasteiger partial charge in [-0.25, -0.2) is 0 Å². The molecule has 2 nitrogen and oxygen atoms in total. The Balaban J connectivity index is 1.82. The van der Waals surface area contributed by atoms with Crippen LogP contribution in [0, 0.1) is 0 Å². The number of hydrogen-bond acceptors (Lipinski definition) is 2. The smallest absolute Gasteiger partial charge is 0.127 e. The number of benzene rings is 1. The summed E-state index contributed by atoms with van der Waals surface area (Å²) in [6.45, 7) is 2.73. The minimum absolute atomic E-state index is 0.771. The molecule has 0 saturated carbocycles. The van der Waals surface area contributed by atoms with Gasteiger partial charge in [0.25, 0.3) is 0 Å². The van der Waals surface area contributed by atoms with Crippen molar-refractivity contribution < 1.29 is 4.74 Å². The summed E-state index contributed by atoms with van der Waals surface area (Å²) in [7, 11) is 0. The van der Waals surface area contributed by atoms with Gasteiger partial charge >= 0.3 is 0 Å². The lowest BCUT2D eigenvalue weighted by Gasteiger charge is -2.10. The zero-order valence-corrected chi connectivity index (χ0v) is 12.8. The molecule has 100 valence electrons. The summed E-state index contributed by atoms with van der Waals surface area (Å²) >= 11 is 9.21. The Morgan fingerprint density at radius 3 is 3.00 bits per heavy atom. The maximum absolute atomic E-state index is 5.70. The molecule has 1 heterocycles. The molecule has 0 bridgehead atoms. The molecule has 1 N–H and O–H groups in total. The minimum atomic E-state index is 0.771. The predicted molar refractivity (Wildman–Crippen MR) is 79.6 cm³/mol. The van der Waals surface area contributed by atoms with Crippen molar-refractivity contribution in [1.82, 2.24) is 5.32 Å². The van der Waals surface area contributed by atoms with Crippen molar-refractivity contribution in [3.63, 3.8) is 0 Å². The summed E-state index contributed by atoms with van der Waals surface area (Å²) in [6.07, 6.45) is 4.52. The molecule has 1 aromatic carbocycles. The van der Waals surface area contributed by atoms with E-state index in [9.17, 15) is 0 Å². The topological polar surface area (TPSA) is 21.3 Å². The minimum Gasteiger partial charge on any atom is -0.493 e. The largest absolute Gasteiger partial charge is 0.493 e. The number of halogens is 2. The van der Waals surface area contributed by atoms with Gasteiger partial charge in [-0.15, -0.1) is 11.6 Å². The van der Waals surface area contributed by atoms with Crippen molar-refractivity contribution in [2.45, 2.75) is 32.2 Å². The molecule has 0 spiro atoms. The first-order valence-electron chi connectivity index (χ1n) is 6.52. The highest BCUT2D eigenvalue weighted by molar-refractivity contribution is 9.10. The third-order valence-electron chi connectivity index (χ3n) is 3.13. The summed E-state index contributed by atoms with van der Waals surface area (Å²) in [4.78, 5) is 0. The maximum atomic E-state index is 5.70. The van der Waals surface area contributed by atoms with Gasteiger partial charge in [0, 0.05) is 28.9 Å². The molecule has 0 amide bonds. The van der Waals surface area contributed by atoms with Gasteiger partial charge in [-0.3, -0.25) is 0 Å². The first-order chi connectivity index (χ1) is 8.81. The molecule has 1 aliphatic rings. The molecular formula is C14H19BrClNO. The van der Waals surface area contributed by atoms with Crippen molar-refractivity contribution in [2.24, 2.45) is 0 Å². The van der Waals surface area contributed by atoms with Crippen LogP contribution in [0.2, 0.25) is 0 Å². The summed E-state index contributed by atoms with van der Waals surface area (Å²) in [5.74, 6) is 1.86. The SMILES string of the molecule is ClCCCCCNCc1cc(Br)cc2c1OCC2. The van der Waals surface area contributed by atoms with Crippen LogP contribution in [0.3, 0.4) is 0 Å². The van der Waals surface area contributed by atoms with E-state index >= 15 is 0 Å². The van der Waals surface area contributed by atoms with Gasteiger partial charge in [-0.1, -0.05) is 22.4 Å². The van der Waals surface area contributed by atoms with Gasteiger partial charge in [-0.05, 0) is 37.1 Å². The average Bonchev–Trinajstić information content (AvgIpc) is 2.81. The molecule has 1 aromatic rings. The fourth-order valence-electron chi connectivity index (χ4n) is 2.22. The highest BCUT2D eigenvalue weighted by Crippen LogP contribution is 2.32. The lowest BCUT2D eigenvalue weighted by molar-refractivity contribution is 0.352. The number of hydrogen-bond donors (Lipinski definition) is 1. The molecular weight excluding hydrogens is 314 g/mol. The summed E-state index contributed by atoms with van der Waals surface area (Å²) in [5, 5.41) is 3.47.